The van der Waals surface area contributed by atoms with E-state index in [1.54, 1.807) is 18.7 Å². The van der Waals surface area contributed by atoms with Crippen LogP contribution in [0.3, 0.4) is 0 Å². The summed E-state index contributed by atoms with van der Waals surface area (Å²) in [5.41, 5.74) is 8.00. The third-order valence-electron chi connectivity index (χ3n) is 1.75. The van der Waals surface area contributed by atoms with Gasteiger partial charge in [0.2, 0.25) is 5.91 Å². The summed E-state index contributed by atoms with van der Waals surface area (Å²) in [6.45, 7) is 1.27. The lowest BCUT2D eigenvalue weighted by atomic mass is 10.4. The molecule has 0 unspecified atom stereocenters. The highest BCUT2D eigenvalue weighted by Crippen LogP contribution is 1.90. The maximum atomic E-state index is 11.2. The molecular weight excluding hydrogens is 196 g/mol. The fourth-order valence-corrected chi connectivity index (χ4v) is 1.03. The number of carbonyl (C=O) groups is 1. The first-order valence-corrected chi connectivity index (χ1v) is 4.56. The summed E-state index contributed by atoms with van der Waals surface area (Å²) < 4.78 is 1.83. The van der Waals surface area contributed by atoms with Crippen molar-refractivity contribution in [3.63, 3.8) is 0 Å². The zero-order valence-corrected chi connectivity index (χ0v) is 8.20. The van der Waals surface area contributed by atoms with Crippen molar-refractivity contribution in [3.05, 3.63) is 29.2 Å². The molecule has 0 atom stereocenters. The summed E-state index contributed by atoms with van der Waals surface area (Å²) in [5.74, 6) is -0.0585. The fourth-order valence-electron chi connectivity index (χ4n) is 1.03. The van der Waals surface area contributed by atoms with Gasteiger partial charge in [-0.2, -0.15) is 0 Å². The predicted molar refractivity (Wildman–Crippen MR) is 53.9 cm³/mol. The number of nitrogens with one attached hydrogen (secondary N) is 1. The molecule has 0 aromatic carbocycles. The van der Waals surface area contributed by atoms with Gasteiger partial charge in [0.1, 0.15) is 0 Å². The van der Waals surface area contributed by atoms with Gasteiger partial charge in [0.25, 0.3) is 0 Å². The van der Waals surface area contributed by atoms with E-state index in [4.69, 9.17) is 5.53 Å². The number of aromatic nitrogens is 2. The molecule has 0 spiro atoms. The lowest BCUT2D eigenvalue weighted by Crippen LogP contribution is -2.26. The minimum atomic E-state index is -0.0585. The minimum Gasteiger partial charge on any atom is -0.356 e. The van der Waals surface area contributed by atoms with Crippen molar-refractivity contribution in [2.75, 3.05) is 13.1 Å². The number of azide groups is 1. The molecule has 1 rings (SSSR count). The van der Waals surface area contributed by atoms with Gasteiger partial charge in [0.15, 0.2) is 0 Å². The van der Waals surface area contributed by atoms with Gasteiger partial charge in [-0.25, -0.2) is 4.98 Å². The molecule has 0 saturated carbocycles. The van der Waals surface area contributed by atoms with Crippen LogP contribution in [0, 0.1) is 0 Å². The molecule has 1 amide bonds. The second-order valence-electron chi connectivity index (χ2n) is 2.85. The number of hydrogen-bond acceptors (Lipinski definition) is 3. The van der Waals surface area contributed by atoms with E-state index in [1.807, 2.05) is 4.57 Å². The van der Waals surface area contributed by atoms with Crippen LogP contribution in [-0.4, -0.2) is 28.5 Å². The van der Waals surface area contributed by atoms with Gasteiger partial charge in [-0.3, -0.25) is 4.79 Å². The lowest BCUT2D eigenvalue weighted by molar-refractivity contribution is -0.121. The maximum absolute atomic E-state index is 11.2. The molecule has 0 aliphatic heterocycles. The Morgan fingerprint density at radius 1 is 1.67 bits per heavy atom. The Bertz CT molecular complexity index is 340. The molecule has 1 N–H and O–H groups in total. The lowest BCUT2D eigenvalue weighted by Gasteiger charge is -2.03. The molecule has 1 heterocycles. The average Bonchev–Trinajstić information content (AvgIpc) is 2.74. The molecule has 0 saturated heterocycles. The summed E-state index contributed by atoms with van der Waals surface area (Å²) in [7, 11) is 0. The molecule has 1 aromatic rings. The second-order valence-corrected chi connectivity index (χ2v) is 2.85. The Balaban J connectivity index is 2.11. The highest BCUT2D eigenvalue weighted by atomic mass is 16.1. The molecule has 0 aliphatic carbocycles. The Kier molecular flexibility index (Phi) is 4.75. The number of imidazole rings is 1. The summed E-state index contributed by atoms with van der Waals surface area (Å²) in [6.07, 6.45) is 5.52. The molecule has 7 nitrogen and oxygen atoms in total. The van der Waals surface area contributed by atoms with E-state index in [9.17, 15) is 4.79 Å². The molecule has 80 valence electrons. The Labute approximate surface area is 86.7 Å². The van der Waals surface area contributed by atoms with Gasteiger partial charge in [-0.15, -0.1) is 0 Å². The van der Waals surface area contributed by atoms with Gasteiger partial charge in [0, 0.05) is 43.4 Å². The third kappa shape index (κ3) is 4.68. The zero-order chi connectivity index (χ0) is 10.9. The van der Waals surface area contributed by atoms with Crippen molar-refractivity contribution in [2.24, 2.45) is 5.11 Å². The first kappa shape index (κ1) is 11.1. The van der Waals surface area contributed by atoms with Crippen LogP contribution in [0.1, 0.15) is 6.42 Å². The van der Waals surface area contributed by atoms with Crippen LogP contribution < -0.4 is 5.32 Å². The minimum absolute atomic E-state index is 0.0585. The van der Waals surface area contributed by atoms with Gasteiger partial charge in [0.05, 0.1) is 6.33 Å². The topological polar surface area (TPSA) is 95.7 Å². The van der Waals surface area contributed by atoms with Crippen molar-refractivity contribution >= 4 is 5.91 Å². The average molecular weight is 208 g/mol. The van der Waals surface area contributed by atoms with Crippen LogP contribution in [0.25, 0.3) is 10.4 Å². The number of hydrogen-bond donors (Lipinski definition) is 1. The number of carbonyl (C=O) groups excluding carboxylic acids is 1. The SMILES string of the molecule is [N-]=[N+]=NCCNC(=O)CCn1ccnc1. The highest BCUT2D eigenvalue weighted by molar-refractivity contribution is 5.75. The number of amides is 1. The number of aryl methyl sites for hydroxylation is 1. The third-order valence-corrected chi connectivity index (χ3v) is 1.75. The van der Waals surface area contributed by atoms with Crippen molar-refractivity contribution in [1.29, 1.82) is 0 Å². The van der Waals surface area contributed by atoms with Gasteiger partial charge >= 0.3 is 0 Å². The second kappa shape index (κ2) is 6.44. The maximum Gasteiger partial charge on any atom is 0.221 e. The number of rotatable bonds is 6. The van der Waals surface area contributed by atoms with E-state index in [0.717, 1.165) is 0 Å². The van der Waals surface area contributed by atoms with E-state index >= 15 is 0 Å². The van der Waals surface area contributed by atoms with E-state index in [0.29, 0.717) is 19.5 Å². The summed E-state index contributed by atoms with van der Waals surface area (Å²) in [4.78, 5) is 17.7. The summed E-state index contributed by atoms with van der Waals surface area (Å²) in [6, 6.07) is 0. The molecule has 0 bridgehead atoms. The van der Waals surface area contributed by atoms with Crippen LogP contribution in [0.15, 0.2) is 23.8 Å². The van der Waals surface area contributed by atoms with Crippen LogP contribution in [0.2, 0.25) is 0 Å². The fraction of sp³-hybridized carbons (Fsp3) is 0.500. The normalized spacial score (nSPS) is 9.33. The predicted octanol–water partition coefficient (Wildman–Crippen LogP) is 0.700. The van der Waals surface area contributed by atoms with Crippen molar-refractivity contribution in [2.45, 2.75) is 13.0 Å². The number of nitrogens with zero attached hydrogens (tertiary/aromatic N) is 5. The smallest absolute Gasteiger partial charge is 0.221 e. The highest BCUT2D eigenvalue weighted by Gasteiger charge is 1.99. The van der Waals surface area contributed by atoms with Crippen LogP contribution >= 0.6 is 0 Å². The molecule has 1 aromatic heterocycles. The van der Waals surface area contributed by atoms with Crippen LogP contribution in [0.5, 0.6) is 0 Å². The standard InChI is InChI=1S/C8H12N6O/c9-13-12-3-2-11-8(15)1-5-14-6-4-10-7-14/h4,6-7H,1-3,5H2,(H,11,15). The molecule has 0 radical (unpaired) electrons. The van der Waals surface area contributed by atoms with E-state index in [2.05, 4.69) is 20.3 Å². The van der Waals surface area contributed by atoms with E-state index in [-0.39, 0.29) is 12.5 Å². The van der Waals surface area contributed by atoms with Gasteiger partial charge in [-0.1, -0.05) is 5.11 Å². The van der Waals surface area contributed by atoms with E-state index in [1.165, 1.54) is 0 Å². The van der Waals surface area contributed by atoms with E-state index < -0.39 is 0 Å². The van der Waals surface area contributed by atoms with Crippen LogP contribution in [-0.2, 0) is 11.3 Å². The molecule has 15 heavy (non-hydrogen) atoms. The Morgan fingerprint density at radius 2 is 2.53 bits per heavy atom. The molecular formula is C8H12N6O. The van der Waals surface area contributed by atoms with Crippen molar-refractivity contribution < 1.29 is 4.79 Å². The van der Waals surface area contributed by atoms with Crippen LogP contribution in [0.4, 0.5) is 0 Å². The molecule has 0 aliphatic rings. The first-order valence-electron chi connectivity index (χ1n) is 4.56. The molecule has 7 heteroatoms. The Hall–Kier alpha value is -2.01. The zero-order valence-electron chi connectivity index (χ0n) is 8.20. The van der Waals surface area contributed by atoms with Gasteiger partial charge < -0.3 is 9.88 Å². The quantitative estimate of drug-likeness (QED) is 0.322. The monoisotopic (exact) mass is 208 g/mol. The summed E-state index contributed by atoms with van der Waals surface area (Å²) >= 11 is 0. The first-order chi connectivity index (χ1) is 7.33. The Morgan fingerprint density at radius 3 is 3.20 bits per heavy atom. The summed E-state index contributed by atoms with van der Waals surface area (Å²) in [5, 5.41) is 5.95. The van der Waals surface area contributed by atoms with Crippen molar-refractivity contribution in [3.8, 4) is 0 Å². The van der Waals surface area contributed by atoms with Crippen molar-refractivity contribution in [1.82, 2.24) is 14.9 Å². The largest absolute Gasteiger partial charge is 0.356 e. The molecule has 0 fully saturated rings. The van der Waals surface area contributed by atoms with Gasteiger partial charge in [-0.05, 0) is 5.53 Å².